The quantitative estimate of drug-likeness (QED) is 0.732. The summed E-state index contributed by atoms with van der Waals surface area (Å²) in [5.41, 5.74) is -0.862. The van der Waals surface area contributed by atoms with Gasteiger partial charge in [0.2, 0.25) is 15.9 Å². The molecule has 0 heterocycles. The largest absolute Gasteiger partial charge is 0.508 e. The third-order valence-electron chi connectivity index (χ3n) is 2.67. The van der Waals surface area contributed by atoms with Crippen LogP contribution in [-0.2, 0) is 14.8 Å². The fourth-order valence-electron chi connectivity index (χ4n) is 1.43. The van der Waals surface area contributed by atoms with Crippen LogP contribution in [0, 0.1) is 5.41 Å². The Morgan fingerprint density at radius 2 is 2.00 bits per heavy atom. The zero-order valence-electron chi connectivity index (χ0n) is 11.1. The number of phenolic OH excluding ortho intramolecular Hbond substituents is 1. The lowest BCUT2D eigenvalue weighted by molar-refractivity contribution is -0.128. The first-order valence-electron chi connectivity index (χ1n) is 5.70. The first-order valence-corrected chi connectivity index (χ1v) is 7.18. The molecule has 3 N–H and O–H groups in total. The lowest BCUT2D eigenvalue weighted by Gasteiger charge is -2.22. The van der Waals surface area contributed by atoms with Crippen LogP contribution < -0.4 is 10.0 Å². The summed E-state index contributed by atoms with van der Waals surface area (Å²) >= 11 is 0. The number of rotatable bonds is 5. The molecule has 1 rings (SSSR count). The Bertz CT molecular complexity index is 567. The van der Waals surface area contributed by atoms with E-state index in [-0.39, 0.29) is 23.1 Å². The summed E-state index contributed by atoms with van der Waals surface area (Å²) in [5, 5.41) is 11.8. The minimum absolute atomic E-state index is 0.0370. The maximum Gasteiger partial charge on any atom is 0.240 e. The molecule has 0 fully saturated rings. The van der Waals surface area contributed by atoms with Crippen LogP contribution in [0.3, 0.4) is 0 Å². The molecule has 1 aromatic rings. The second-order valence-corrected chi connectivity index (χ2v) is 6.55. The van der Waals surface area contributed by atoms with Gasteiger partial charge in [-0.3, -0.25) is 4.79 Å². The van der Waals surface area contributed by atoms with Crippen LogP contribution in [0.1, 0.15) is 13.8 Å². The van der Waals surface area contributed by atoms with Crippen molar-refractivity contribution in [1.82, 2.24) is 10.0 Å². The Kier molecular flexibility index (Phi) is 4.54. The molecule has 0 aliphatic rings. The summed E-state index contributed by atoms with van der Waals surface area (Å²) in [5.74, 6) is -0.389. The molecule has 106 valence electrons. The molecule has 0 atom stereocenters. The van der Waals surface area contributed by atoms with Gasteiger partial charge in [-0.1, -0.05) is 6.07 Å². The van der Waals surface area contributed by atoms with Gasteiger partial charge in [-0.25, -0.2) is 13.1 Å². The van der Waals surface area contributed by atoms with Gasteiger partial charge in [0.25, 0.3) is 0 Å². The summed E-state index contributed by atoms with van der Waals surface area (Å²) < 4.78 is 26.3. The molecule has 0 bridgehead atoms. The van der Waals surface area contributed by atoms with Crippen molar-refractivity contribution in [3.05, 3.63) is 24.3 Å². The Morgan fingerprint density at radius 3 is 2.53 bits per heavy atom. The van der Waals surface area contributed by atoms with Gasteiger partial charge < -0.3 is 10.4 Å². The van der Waals surface area contributed by atoms with Gasteiger partial charge in [0.05, 0.1) is 10.3 Å². The average Bonchev–Trinajstić information content (AvgIpc) is 2.35. The lowest BCUT2D eigenvalue weighted by atomic mass is 9.93. The third kappa shape index (κ3) is 3.93. The number of carbonyl (C=O) groups is 1. The van der Waals surface area contributed by atoms with Crippen molar-refractivity contribution in [3.63, 3.8) is 0 Å². The van der Waals surface area contributed by atoms with E-state index in [1.54, 1.807) is 13.8 Å². The fourth-order valence-corrected chi connectivity index (χ4v) is 2.68. The molecule has 0 aliphatic carbocycles. The van der Waals surface area contributed by atoms with Gasteiger partial charge >= 0.3 is 0 Å². The number of sulfonamides is 1. The zero-order valence-corrected chi connectivity index (χ0v) is 11.9. The number of phenols is 1. The SMILES string of the molecule is CNC(=O)C(C)(C)CNS(=O)(=O)c1cccc(O)c1. The molecule has 0 spiro atoms. The summed E-state index contributed by atoms with van der Waals surface area (Å²) in [6.07, 6.45) is 0. The number of nitrogens with one attached hydrogen (secondary N) is 2. The number of amides is 1. The molecule has 7 heteroatoms. The van der Waals surface area contributed by atoms with Crippen molar-refractivity contribution < 1.29 is 18.3 Å². The maximum absolute atomic E-state index is 12.0. The Hall–Kier alpha value is -1.60. The number of hydrogen-bond acceptors (Lipinski definition) is 4. The minimum atomic E-state index is -3.75. The van der Waals surface area contributed by atoms with E-state index in [0.717, 1.165) is 6.07 Å². The van der Waals surface area contributed by atoms with Crippen molar-refractivity contribution in [2.45, 2.75) is 18.7 Å². The van der Waals surface area contributed by atoms with Gasteiger partial charge in [-0.05, 0) is 32.0 Å². The van der Waals surface area contributed by atoms with E-state index in [9.17, 15) is 18.3 Å². The van der Waals surface area contributed by atoms with Gasteiger partial charge in [-0.15, -0.1) is 0 Å². The molecule has 19 heavy (non-hydrogen) atoms. The highest BCUT2D eigenvalue weighted by molar-refractivity contribution is 7.89. The highest BCUT2D eigenvalue weighted by Gasteiger charge is 2.28. The van der Waals surface area contributed by atoms with Crippen LogP contribution >= 0.6 is 0 Å². The predicted octanol–water partition coefficient (Wildman–Crippen LogP) is 0.443. The van der Waals surface area contributed by atoms with E-state index in [4.69, 9.17) is 0 Å². The van der Waals surface area contributed by atoms with Crippen LogP contribution in [0.25, 0.3) is 0 Å². The highest BCUT2D eigenvalue weighted by atomic mass is 32.2. The standard InChI is InChI=1S/C12H18N2O4S/c1-12(2,11(16)13-3)8-14-19(17,18)10-6-4-5-9(15)7-10/h4-7,14-15H,8H2,1-3H3,(H,13,16). The van der Waals surface area contributed by atoms with Crippen LogP contribution in [0.2, 0.25) is 0 Å². The molecule has 1 amide bonds. The summed E-state index contributed by atoms with van der Waals surface area (Å²) in [7, 11) is -2.25. The first-order chi connectivity index (χ1) is 8.69. The van der Waals surface area contributed by atoms with Crippen molar-refractivity contribution in [3.8, 4) is 5.75 Å². The van der Waals surface area contributed by atoms with E-state index in [2.05, 4.69) is 10.0 Å². The van der Waals surface area contributed by atoms with E-state index >= 15 is 0 Å². The summed E-state index contributed by atoms with van der Waals surface area (Å²) in [6.45, 7) is 3.23. The second-order valence-electron chi connectivity index (χ2n) is 4.78. The Labute approximate surface area is 112 Å². The van der Waals surface area contributed by atoms with E-state index < -0.39 is 15.4 Å². The van der Waals surface area contributed by atoms with Gasteiger partial charge in [-0.2, -0.15) is 0 Å². The molecule has 0 saturated carbocycles. The Morgan fingerprint density at radius 1 is 1.37 bits per heavy atom. The lowest BCUT2D eigenvalue weighted by Crippen LogP contribution is -2.43. The van der Waals surface area contributed by atoms with Gasteiger partial charge in [0.15, 0.2) is 0 Å². The van der Waals surface area contributed by atoms with Crippen molar-refractivity contribution >= 4 is 15.9 Å². The van der Waals surface area contributed by atoms with Crippen molar-refractivity contribution in [2.75, 3.05) is 13.6 Å². The normalized spacial score (nSPS) is 12.2. The van der Waals surface area contributed by atoms with Crippen LogP contribution in [0.15, 0.2) is 29.2 Å². The van der Waals surface area contributed by atoms with Gasteiger partial charge in [0, 0.05) is 13.6 Å². The monoisotopic (exact) mass is 286 g/mol. The molecule has 0 saturated heterocycles. The number of aromatic hydroxyl groups is 1. The average molecular weight is 286 g/mol. The smallest absolute Gasteiger partial charge is 0.240 e. The number of benzene rings is 1. The van der Waals surface area contributed by atoms with E-state index in [1.165, 1.54) is 25.2 Å². The topological polar surface area (TPSA) is 95.5 Å². The summed E-state index contributed by atoms with van der Waals surface area (Å²) in [4.78, 5) is 11.5. The molecule has 0 aliphatic heterocycles. The summed E-state index contributed by atoms with van der Waals surface area (Å²) in [6, 6.07) is 5.34. The first kappa shape index (κ1) is 15.5. The maximum atomic E-state index is 12.0. The third-order valence-corrected chi connectivity index (χ3v) is 4.07. The molecule has 0 radical (unpaired) electrons. The van der Waals surface area contributed by atoms with Gasteiger partial charge in [0.1, 0.15) is 5.75 Å². The van der Waals surface area contributed by atoms with Crippen molar-refractivity contribution in [2.24, 2.45) is 5.41 Å². The highest BCUT2D eigenvalue weighted by Crippen LogP contribution is 2.18. The van der Waals surface area contributed by atoms with Crippen LogP contribution in [0.5, 0.6) is 5.75 Å². The molecule has 0 unspecified atom stereocenters. The van der Waals surface area contributed by atoms with Crippen molar-refractivity contribution in [1.29, 1.82) is 0 Å². The number of hydrogen-bond donors (Lipinski definition) is 3. The molecule has 0 aromatic heterocycles. The second kappa shape index (κ2) is 5.58. The zero-order chi connectivity index (χ0) is 14.7. The van der Waals surface area contributed by atoms with E-state index in [0.29, 0.717) is 0 Å². The van der Waals surface area contributed by atoms with Crippen LogP contribution in [-0.4, -0.2) is 33.0 Å². The molecular formula is C12H18N2O4S. The minimum Gasteiger partial charge on any atom is -0.508 e. The fraction of sp³-hybridized carbons (Fsp3) is 0.417. The number of carbonyl (C=O) groups excluding carboxylic acids is 1. The Balaban J connectivity index is 2.85. The molecular weight excluding hydrogens is 268 g/mol. The van der Waals surface area contributed by atoms with E-state index in [1.807, 2.05) is 0 Å². The molecule has 6 nitrogen and oxygen atoms in total. The van der Waals surface area contributed by atoms with Crippen LogP contribution in [0.4, 0.5) is 0 Å². The predicted molar refractivity (Wildman–Crippen MR) is 71.1 cm³/mol. The molecule has 1 aromatic carbocycles.